The van der Waals surface area contributed by atoms with Gasteiger partial charge in [0.25, 0.3) is 0 Å². The van der Waals surface area contributed by atoms with E-state index in [9.17, 15) is 0 Å². The fourth-order valence-electron chi connectivity index (χ4n) is 11.0. The van der Waals surface area contributed by atoms with Gasteiger partial charge in [0.05, 0.1) is 0 Å². The average molecular weight is 1130 g/mol. The molecule has 0 aliphatic heterocycles. The molecule has 74 heavy (non-hydrogen) atoms. The second-order valence-electron chi connectivity index (χ2n) is 20.6. The largest absolute Gasteiger partial charge is 0.304 e. The van der Waals surface area contributed by atoms with E-state index >= 15 is 0 Å². The van der Waals surface area contributed by atoms with Crippen molar-refractivity contribution in [1.29, 1.82) is 0 Å². The Kier molecular flexibility index (Phi) is 13.0. The standard InChI is InChI=1S/C69H53N4.Ir/c1-68(2)45-69(3,4)63-43-52(31-33-62(63)68)64-34-32-55(44-70-64)67-72-65(53-29-17-27-50(35-53)60-39-56(46-19-9-5-10-20-46)37-57(40-60)47-21-11-6-12-22-47)71-66(73-67)54-30-18-28-51(36-54)61-41-58(48-23-13-7-14-24-48)38-59(42-61)49-25-15-8-16-26-49;/h5-30,32-44H,45H2,1-4H3;/q-1;. The zero-order valence-corrected chi connectivity index (χ0v) is 44.2. The maximum atomic E-state index is 5.31. The molecule has 0 saturated heterocycles. The average Bonchev–Trinajstić information content (AvgIpc) is 3.65. The molecule has 0 amide bonds. The summed E-state index contributed by atoms with van der Waals surface area (Å²) in [6.07, 6.45) is 2.99. The second kappa shape index (κ2) is 20.0. The summed E-state index contributed by atoms with van der Waals surface area (Å²) < 4.78 is 0. The molecule has 0 bridgehead atoms. The molecule has 0 atom stereocenters. The predicted octanol–water partition coefficient (Wildman–Crippen LogP) is 17.7. The molecule has 0 N–H and O–H groups in total. The van der Waals surface area contributed by atoms with Crippen LogP contribution in [-0.2, 0) is 30.9 Å². The van der Waals surface area contributed by atoms with Crippen molar-refractivity contribution in [1.82, 2.24) is 19.9 Å². The first-order valence-electron chi connectivity index (χ1n) is 25.1. The van der Waals surface area contributed by atoms with Crippen LogP contribution in [0.5, 0.6) is 0 Å². The number of pyridine rings is 1. The number of fused-ring (bicyclic) bond motifs is 1. The molecule has 2 aromatic heterocycles. The van der Waals surface area contributed by atoms with Gasteiger partial charge in [0, 0.05) is 43.0 Å². The van der Waals surface area contributed by atoms with Crippen molar-refractivity contribution in [2.75, 3.05) is 0 Å². The van der Waals surface area contributed by atoms with Crippen molar-refractivity contribution < 1.29 is 20.1 Å². The van der Waals surface area contributed by atoms with Crippen molar-refractivity contribution in [2.45, 2.75) is 44.9 Å². The molecule has 1 aliphatic carbocycles. The number of rotatable bonds is 10. The van der Waals surface area contributed by atoms with Crippen LogP contribution in [0, 0.1) is 6.07 Å². The molecule has 5 heteroatoms. The van der Waals surface area contributed by atoms with Gasteiger partial charge < -0.3 is 4.98 Å². The Hall–Kier alpha value is -8.21. The number of nitrogens with zero attached hydrogens (tertiary/aromatic N) is 4. The Labute approximate surface area is 448 Å². The number of aromatic nitrogens is 4. The first-order chi connectivity index (χ1) is 35.6. The molecule has 0 fully saturated rings. The van der Waals surface area contributed by atoms with E-state index in [0.717, 1.165) is 101 Å². The van der Waals surface area contributed by atoms with Gasteiger partial charge in [-0.25, -0.2) is 15.0 Å². The Bertz CT molecular complexity index is 3490. The van der Waals surface area contributed by atoms with Crippen molar-refractivity contribution >= 4 is 0 Å². The molecule has 2 heterocycles. The molecule has 9 aromatic carbocycles. The van der Waals surface area contributed by atoms with Crippen LogP contribution in [0.15, 0.2) is 237 Å². The maximum absolute atomic E-state index is 5.31. The van der Waals surface area contributed by atoms with Crippen LogP contribution in [-0.4, -0.2) is 19.9 Å². The molecule has 4 nitrogen and oxygen atoms in total. The zero-order valence-electron chi connectivity index (χ0n) is 41.8. The molecule has 0 saturated carbocycles. The van der Waals surface area contributed by atoms with Crippen LogP contribution < -0.4 is 0 Å². The van der Waals surface area contributed by atoms with E-state index in [2.05, 4.69) is 264 Å². The monoisotopic (exact) mass is 1130 g/mol. The minimum absolute atomic E-state index is 0. The third-order valence-electron chi connectivity index (χ3n) is 14.4. The van der Waals surface area contributed by atoms with E-state index < -0.39 is 0 Å². The van der Waals surface area contributed by atoms with Crippen molar-refractivity contribution in [3.8, 4) is 112 Å². The molecule has 1 radical (unpaired) electrons. The fraction of sp³-hybridized carbons (Fsp3) is 0.101. The van der Waals surface area contributed by atoms with E-state index in [1.807, 2.05) is 6.20 Å². The summed E-state index contributed by atoms with van der Waals surface area (Å²) in [5, 5.41) is 0. The maximum Gasteiger partial charge on any atom is 0.165 e. The molecule has 0 unspecified atom stereocenters. The van der Waals surface area contributed by atoms with Gasteiger partial charge in [0.15, 0.2) is 17.5 Å². The molecule has 1 aliphatic rings. The van der Waals surface area contributed by atoms with E-state index in [-0.39, 0.29) is 30.9 Å². The van der Waals surface area contributed by atoms with Crippen molar-refractivity contribution in [3.63, 3.8) is 0 Å². The minimum Gasteiger partial charge on any atom is -0.304 e. The zero-order chi connectivity index (χ0) is 49.5. The molecule has 12 rings (SSSR count). The summed E-state index contributed by atoms with van der Waals surface area (Å²) in [6, 6.07) is 85.3. The van der Waals surface area contributed by atoms with Gasteiger partial charge in [-0.05, 0) is 138 Å². The van der Waals surface area contributed by atoms with Crippen LogP contribution in [0.25, 0.3) is 112 Å². The molecule has 0 spiro atoms. The van der Waals surface area contributed by atoms with Crippen molar-refractivity contribution in [3.05, 3.63) is 254 Å². The quantitative estimate of drug-likeness (QED) is 0.128. The van der Waals surface area contributed by atoms with Gasteiger partial charge in [0.1, 0.15) is 0 Å². The number of hydrogen-bond donors (Lipinski definition) is 0. The first-order valence-corrected chi connectivity index (χ1v) is 25.1. The van der Waals surface area contributed by atoms with Crippen LogP contribution >= 0.6 is 0 Å². The smallest absolute Gasteiger partial charge is 0.165 e. The van der Waals surface area contributed by atoms with Gasteiger partial charge >= 0.3 is 0 Å². The summed E-state index contributed by atoms with van der Waals surface area (Å²) in [5.41, 5.74) is 20.9. The van der Waals surface area contributed by atoms with Crippen LogP contribution in [0.4, 0.5) is 0 Å². The van der Waals surface area contributed by atoms with E-state index in [1.54, 1.807) is 0 Å². The van der Waals surface area contributed by atoms with Crippen LogP contribution in [0.1, 0.15) is 45.2 Å². The molecule has 11 aromatic rings. The third-order valence-corrected chi connectivity index (χ3v) is 14.4. The second-order valence-corrected chi connectivity index (χ2v) is 20.6. The van der Waals surface area contributed by atoms with E-state index in [4.69, 9.17) is 19.9 Å². The minimum atomic E-state index is 0. The Morgan fingerprint density at radius 1 is 0.324 bits per heavy atom. The first kappa shape index (κ1) is 48.1. The van der Waals surface area contributed by atoms with E-state index in [0.29, 0.717) is 17.5 Å². The molecular formula is C69H53IrN4-. The molecular weight excluding hydrogens is 1080 g/mol. The Morgan fingerprint density at radius 2 is 0.662 bits per heavy atom. The van der Waals surface area contributed by atoms with Gasteiger partial charge in [-0.15, -0.1) is 34.9 Å². The Morgan fingerprint density at radius 3 is 1.05 bits per heavy atom. The van der Waals surface area contributed by atoms with Gasteiger partial charge in [-0.3, -0.25) is 0 Å². The summed E-state index contributed by atoms with van der Waals surface area (Å²) >= 11 is 0. The normalized spacial score (nSPS) is 13.2. The fourth-order valence-corrected chi connectivity index (χ4v) is 11.0. The van der Waals surface area contributed by atoms with Crippen LogP contribution in [0.2, 0.25) is 0 Å². The summed E-state index contributed by atoms with van der Waals surface area (Å²) in [4.78, 5) is 20.9. The number of benzene rings is 9. The molecule has 359 valence electrons. The summed E-state index contributed by atoms with van der Waals surface area (Å²) in [6.45, 7) is 9.36. The third kappa shape index (κ3) is 9.73. The van der Waals surface area contributed by atoms with E-state index in [1.165, 1.54) is 11.1 Å². The van der Waals surface area contributed by atoms with Gasteiger partial charge in [-0.2, -0.15) is 0 Å². The Balaban J connectivity index is 0.00000588. The summed E-state index contributed by atoms with van der Waals surface area (Å²) in [5.74, 6) is 1.70. The van der Waals surface area contributed by atoms with Crippen LogP contribution in [0.3, 0.4) is 0 Å². The SMILES string of the molecule is CC1(C)CC(C)(C)c2cc(-c3ccc(-c4nc(-c5cccc(-c6cc(-c7ccccc7)cc(-c7ccccc7)c6)c5)nc(-c5cccc(-c6cc(-c7ccccc7)cc(-c7ccccc7)c6)c5)n4)cn3)[c-]cc21.[Ir]. The predicted molar refractivity (Wildman–Crippen MR) is 301 cm³/mol. The number of hydrogen-bond acceptors (Lipinski definition) is 4. The van der Waals surface area contributed by atoms with Crippen molar-refractivity contribution in [2.24, 2.45) is 0 Å². The summed E-state index contributed by atoms with van der Waals surface area (Å²) in [7, 11) is 0. The topological polar surface area (TPSA) is 51.6 Å². The van der Waals surface area contributed by atoms with Gasteiger partial charge in [-0.1, -0.05) is 198 Å². The van der Waals surface area contributed by atoms with Gasteiger partial charge in [0.2, 0.25) is 0 Å².